The molecular weight excluding hydrogens is 394 g/mol. The molecule has 4 rings (SSSR count). The minimum Gasteiger partial charge on any atom is -0.331 e. The van der Waals surface area contributed by atoms with Crippen LogP contribution in [0.3, 0.4) is 0 Å². The molecule has 30 heavy (non-hydrogen) atoms. The largest absolute Gasteiger partial charge is 0.331 e. The molecule has 0 fully saturated rings. The number of aryl methyl sites for hydroxylation is 5. The summed E-state index contributed by atoms with van der Waals surface area (Å²) in [5, 5.41) is 0. The second-order valence-electron chi connectivity index (χ2n) is 7.65. The van der Waals surface area contributed by atoms with Gasteiger partial charge in [0, 0.05) is 19.2 Å². The van der Waals surface area contributed by atoms with Crippen molar-refractivity contribution >= 4 is 26.7 Å². The molecule has 0 unspecified atom stereocenters. The lowest BCUT2D eigenvalue weighted by molar-refractivity contribution is 0.600. The number of benzene rings is 3. The summed E-state index contributed by atoms with van der Waals surface area (Å²) in [6.07, 6.45) is 1.65. The normalized spacial score (nSPS) is 11.7. The summed E-state index contributed by atoms with van der Waals surface area (Å²) < 4.78 is 30.4. The molecule has 0 aliphatic heterocycles. The summed E-state index contributed by atoms with van der Waals surface area (Å²) in [6, 6.07) is 21.1. The molecule has 6 heteroatoms. The molecule has 0 aliphatic carbocycles. The number of sulfonamides is 1. The van der Waals surface area contributed by atoms with Gasteiger partial charge in [0.05, 0.1) is 15.9 Å². The molecule has 0 radical (unpaired) electrons. The van der Waals surface area contributed by atoms with Crippen LogP contribution in [-0.2, 0) is 29.9 Å². The monoisotopic (exact) mass is 419 g/mol. The van der Waals surface area contributed by atoms with Crippen molar-refractivity contribution in [2.45, 2.75) is 31.6 Å². The first-order chi connectivity index (χ1) is 14.3. The number of imidazole rings is 1. The Balaban J connectivity index is 1.46. The first-order valence-corrected chi connectivity index (χ1v) is 11.4. The van der Waals surface area contributed by atoms with Crippen LogP contribution in [0.4, 0.5) is 5.69 Å². The van der Waals surface area contributed by atoms with Crippen molar-refractivity contribution in [3.63, 3.8) is 0 Å². The van der Waals surface area contributed by atoms with Gasteiger partial charge < -0.3 is 4.57 Å². The second kappa shape index (κ2) is 7.95. The summed E-state index contributed by atoms with van der Waals surface area (Å²) in [7, 11) is -1.58. The van der Waals surface area contributed by atoms with Gasteiger partial charge in [-0.15, -0.1) is 0 Å². The lowest BCUT2D eigenvalue weighted by atomic mass is 10.1. The smallest absolute Gasteiger partial charge is 0.262 e. The number of anilines is 1. The van der Waals surface area contributed by atoms with Crippen molar-refractivity contribution in [2.75, 3.05) is 4.72 Å². The highest BCUT2D eigenvalue weighted by molar-refractivity contribution is 7.92. The van der Waals surface area contributed by atoms with E-state index in [1.54, 1.807) is 13.0 Å². The molecule has 0 aliphatic rings. The SMILES string of the molecule is Cc1ccc(C)c(S(=O)(=O)Nc2ccc(CCc3nc4ccccc4n3C)cc2)c1. The highest BCUT2D eigenvalue weighted by Crippen LogP contribution is 2.21. The van der Waals surface area contributed by atoms with Gasteiger partial charge >= 0.3 is 0 Å². The summed E-state index contributed by atoms with van der Waals surface area (Å²) in [5.74, 6) is 1.04. The first-order valence-electron chi connectivity index (χ1n) is 9.93. The van der Waals surface area contributed by atoms with Crippen molar-refractivity contribution in [2.24, 2.45) is 7.05 Å². The average molecular weight is 420 g/mol. The Hall–Kier alpha value is -3.12. The van der Waals surface area contributed by atoms with Crippen LogP contribution in [-0.4, -0.2) is 18.0 Å². The van der Waals surface area contributed by atoms with Gasteiger partial charge in [-0.05, 0) is 67.3 Å². The van der Waals surface area contributed by atoms with Crippen LogP contribution in [0, 0.1) is 13.8 Å². The van der Waals surface area contributed by atoms with Crippen molar-refractivity contribution in [3.05, 3.63) is 89.2 Å². The highest BCUT2D eigenvalue weighted by atomic mass is 32.2. The van der Waals surface area contributed by atoms with E-state index in [1.807, 2.05) is 68.6 Å². The van der Waals surface area contributed by atoms with E-state index in [0.717, 1.165) is 46.4 Å². The molecule has 5 nitrogen and oxygen atoms in total. The number of nitrogens with zero attached hydrogens (tertiary/aromatic N) is 2. The number of hydrogen-bond donors (Lipinski definition) is 1. The molecule has 0 amide bonds. The van der Waals surface area contributed by atoms with E-state index in [9.17, 15) is 8.42 Å². The zero-order valence-electron chi connectivity index (χ0n) is 17.4. The molecule has 1 heterocycles. The molecule has 1 aromatic heterocycles. The molecule has 154 valence electrons. The molecular formula is C24H25N3O2S. The predicted molar refractivity (Wildman–Crippen MR) is 121 cm³/mol. The number of nitrogens with one attached hydrogen (secondary N) is 1. The van der Waals surface area contributed by atoms with E-state index in [2.05, 4.69) is 15.4 Å². The third-order valence-corrected chi connectivity index (χ3v) is 6.88. The summed E-state index contributed by atoms with van der Waals surface area (Å²) >= 11 is 0. The van der Waals surface area contributed by atoms with Crippen LogP contribution in [0.25, 0.3) is 11.0 Å². The molecule has 3 aromatic carbocycles. The van der Waals surface area contributed by atoms with Gasteiger partial charge in [-0.2, -0.15) is 0 Å². The Bertz CT molecular complexity index is 1310. The van der Waals surface area contributed by atoms with Crippen molar-refractivity contribution in [3.8, 4) is 0 Å². The Morgan fingerprint density at radius 1 is 0.933 bits per heavy atom. The van der Waals surface area contributed by atoms with Crippen LogP contribution < -0.4 is 4.72 Å². The summed E-state index contributed by atoms with van der Waals surface area (Å²) in [5.41, 5.74) is 5.47. The second-order valence-corrected chi connectivity index (χ2v) is 9.30. The molecule has 0 bridgehead atoms. The number of hydrogen-bond acceptors (Lipinski definition) is 3. The topological polar surface area (TPSA) is 64.0 Å². The van der Waals surface area contributed by atoms with Crippen LogP contribution >= 0.6 is 0 Å². The number of fused-ring (bicyclic) bond motifs is 1. The zero-order chi connectivity index (χ0) is 21.3. The third-order valence-electron chi connectivity index (χ3n) is 5.36. The minimum absolute atomic E-state index is 0.313. The van der Waals surface area contributed by atoms with Crippen molar-refractivity contribution in [1.29, 1.82) is 0 Å². The van der Waals surface area contributed by atoms with Gasteiger partial charge in [-0.3, -0.25) is 4.72 Å². The van der Waals surface area contributed by atoms with Crippen molar-refractivity contribution in [1.82, 2.24) is 9.55 Å². The average Bonchev–Trinajstić information content (AvgIpc) is 3.05. The molecule has 0 saturated heterocycles. The highest BCUT2D eigenvalue weighted by Gasteiger charge is 2.17. The fourth-order valence-electron chi connectivity index (χ4n) is 3.62. The van der Waals surface area contributed by atoms with Gasteiger partial charge in [0.1, 0.15) is 5.82 Å². The lowest BCUT2D eigenvalue weighted by Crippen LogP contribution is -2.14. The van der Waals surface area contributed by atoms with Gasteiger partial charge in [-0.1, -0.05) is 36.4 Å². The van der Waals surface area contributed by atoms with Crippen LogP contribution in [0.15, 0.2) is 71.6 Å². The molecule has 1 N–H and O–H groups in total. The summed E-state index contributed by atoms with van der Waals surface area (Å²) in [6.45, 7) is 3.69. The number of rotatable bonds is 6. The Morgan fingerprint density at radius 2 is 1.67 bits per heavy atom. The van der Waals surface area contributed by atoms with Gasteiger partial charge in [0.15, 0.2) is 0 Å². The summed E-state index contributed by atoms with van der Waals surface area (Å²) in [4.78, 5) is 5.03. The number of aromatic nitrogens is 2. The van der Waals surface area contributed by atoms with Crippen molar-refractivity contribution < 1.29 is 8.42 Å². The van der Waals surface area contributed by atoms with E-state index in [1.165, 1.54) is 0 Å². The van der Waals surface area contributed by atoms with Gasteiger partial charge in [0.25, 0.3) is 10.0 Å². The lowest BCUT2D eigenvalue weighted by Gasteiger charge is -2.11. The Kier molecular flexibility index (Phi) is 5.35. The van der Waals surface area contributed by atoms with E-state index < -0.39 is 10.0 Å². The molecule has 0 spiro atoms. The maximum Gasteiger partial charge on any atom is 0.262 e. The fourth-order valence-corrected chi connectivity index (χ4v) is 5.01. The van der Waals surface area contributed by atoms with Crippen LogP contribution in [0.1, 0.15) is 22.5 Å². The van der Waals surface area contributed by atoms with E-state index in [0.29, 0.717) is 10.6 Å². The third kappa shape index (κ3) is 4.09. The first kappa shape index (κ1) is 20.2. The maximum atomic E-state index is 12.8. The van der Waals surface area contributed by atoms with Crippen LogP contribution in [0.2, 0.25) is 0 Å². The standard InChI is InChI=1S/C24H25N3O2S/c1-17-8-9-18(2)23(16-17)30(28,29)26-20-13-10-19(11-14-20)12-15-24-25-21-6-4-5-7-22(21)27(24)3/h4-11,13-14,16,26H,12,15H2,1-3H3. The maximum absolute atomic E-state index is 12.8. The van der Waals surface area contributed by atoms with E-state index >= 15 is 0 Å². The van der Waals surface area contributed by atoms with Crippen LogP contribution in [0.5, 0.6) is 0 Å². The van der Waals surface area contributed by atoms with Gasteiger partial charge in [0.2, 0.25) is 0 Å². The molecule has 4 aromatic rings. The Morgan fingerprint density at radius 3 is 2.40 bits per heavy atom. The van der Waals surface area contributed by atoms with E-state index in [-0.39, 0.29) is 0 Å². The zero-order valence-corrected chi connectivity index (χ0v) is 18.2. The van der Waals surface area contributed by atoms with E-state index in [4.69, 9.17) is 4.98 Å². The minimum atomic E-state index is -3.62. The molecule has 0 saturated carbocycles. The molecule has 0 atom stereocenters. The Labute approximate surface area is 177 Å². The number of para-hydroxylation sites is 2. The predicted octanol–water partition coefficient (Wildman–Crippen LogP) is 4.78. The fraction of sp³-hybridized carbons (Fsp3) is 0.208. The van der Waals surface area contributed by atoms with Gasteiger partial charge in [-0.25, -0.2) is 13.4 Å². The quantitative estimate of drug-likeness (QED) is 0.489.